The quantitative estimate of drug-likeness (QED) is 0.877. The number of anilines is 1. The van der Waals surface area contributed by atoms with Gasteiger partial charge in [-0.15, -0.1) is 0 Å². The molecule has 1 aromatic heterocycles. The van der Waals surface area contributed by atoms with Crippen LogP contribution in [0.2, 0.25) is 0 Å². The Morgan fingerprint density at radius 3 is 2.65 bits per heavy atom. The molecular weight excluding hydrogens is 253 g/mol. The Hall–Kier alpha value is -1.94. The number of hydrogen-bond acceptors (Lipinski definition) is 3. The van der Waals surface area contributed by atoms with Gasteiger partial charge in [0.05, 0.1) is 0 Å². The molecule has 0 bridgehead atoms. The van der Waals surface area contributed by atoms with Crippen molar-refractivity contribution in [2.45, 2.75) is 13.0 Å². The molecule has 0 fully saturated rings. The SMILES string of the molecule is CNCc1cc(F)ccc1N(C)CCc1ccncc1. The van der Waals surface area contributed by atoms with Crippen LogP contribution in [0, 0.1) is 5.82 Å². The van der Waals surface area contributed by atoms with Gasteiger partial charge in [-0.05, 0) is 54.9 Å². The zero-order valence-electron chi connectivity index (χ0n) is 11.9. The van der Waals surface area contributed by atoms with Crippen LogP contribution in [0.25, 0.3) is 0 Å². The summed E-state index contributed by atoms with van der Waals surface area (Å²) in [4.78, 5) is 6.17. The summed E-state index contributed by atoms with van der Waals surface area (Å²) in [6.07, 6.45) is 4.55. The molecule has 0 spiro atoms. The van der Waals surface area contributed by atoms with Gasteiger partial charge in [-0.3, -0.25) is 4.98 Å². The van der Waals surface area contributed by atoms with Crippen LogP contribution in [0.15, 0.2) is 42.7 Å². The lowest BCUT2D eigenvalue weighted by atomic mass is 10.1. The predicted molar refractivity (Wildman–Crippen MR) is 80.4 cm³/mol. The molecule has 2 aromatic rings. The van der Waals surface area contributed by atoms with Gasteiger partial charge >= 0.3 is 0 Å². The molecular formula is C16H20FN3. The van der Waals surface area contributed by atoms with Crippen molar-refractivity contribution in [2.24, 2.45) is 0 Å². The van der Waals surface area contributed by atoms with Crippen LogP contribution in [0.4, 0.5) is 10.1 Å². The van der Waals surface area contributed by atoms with E-state index < -0.39 is 0 Å². The monoisotopic (exact) mass is 273 g/mol. The van der Waals surface area contributed by atoms with E-state index in [1.807, 2.05) is 32.3 Å². The van der Waals surface area contributed by atoms with Crippen LogP contribution >= 0.6 is 0 Å². The molecule has 0 aliphatic heterocycles. The molecule has 1 heterocycles. The van der Waals surface area contributed by atoms with E-state index >= 15 is 0 Å². The lowest BCUT2D eigenvalue weighted by molar-refractivity contribution is 0.623. The van der Waals surface area contributed by atoms with Crippen molar-refractivity contribution < 1.29 is 4.39 Å². The molecule has 3 nitrogen and oxygen atoms in total. The Morgan fingerprint density at radius 2 is 1.95 bits per heavy atom. The molecule has 0 radical (unpaired) electrons. The van der Waals surface area contributed by atoms with Gasteiger partial charge in [-0.2, -0.15) is 0 Å². The first kappa shape index (κ1) is 14.5. The number of aromatic nitrogens is 1. The van der Waals surface area contributed by atoms with Gasteiger partial charge in [-0.1, -0.05) is 0 Å². The van der Waals surface area contributed by atoms with E-state index in [1.165, 1.54) is 11.6 Å². The second kappa shape index (κ2) is 7.01. The van der Waals surface area contributed by atoms with Crippen molar-refractivity contribution in [3.63, 3.8) is 0 Å². The summed E-state index contributed by atoms with van der Waals surface area (Å²) in [5, 5.41) is 3.08. The van der Waals surface area contributed by atoms with Gasteiger partial charge in [0.2, 0.25) is 0 Å². The summed E-state index contributed by atoms with van der Waals surface area (Å²) in [7, 11) is 3.90. The number of benzene rings is 1. The highest BCUT2D eigenvalue weighted by Gasteiger charge is 2.08. The lowest BCUT2D eigenvalue weighted by Crippen LogP contribution is -2.22. The van der Waals surface area contributed by atoms with Gasteiger partial charge in [0.15, 0.2) is 0 Å². The first-order valence-corrected chi connectivity index (χ1v) is 6.74. The largest absolute Gasteiger partial charge is 0.374 e. The van der Waals surface area contributed by atoms with E-state index in [2.05, 4.69) is 15.2 Å². The zero-order chi connectivity index (χ0) is 14.4. The fraction of sp³-hybridized carbons (Fsp3) is 0.312. The van der Waals surface area contributed by atoms with Crippen molar-refractivity contribution in [2.75, 3.05) is 25.5 Å². The van der Waals surface area contributed by atoms with Gasteiger partial charge < -0.3 is 10.2 Å². The van der Waals surface area contributed by atoms with Crippen LogP contribution in [-0.4, -0.2) is 25.6 Å². The average Bonchev–Trinajstić information content (AvgIpc) is 2.46. The number of likely N-dealkylation sites (N-methyl/N-ethyl adjacent to an activating group) is 1. The number of rotatable bonds is 6. The molecule has 1 aromatic carbocycles. The van der Waals surface area contributed by atoms with Crippen molar-refractivity contribution in [1.29, 1.82) is 0 Å². The van der Waals surface area contributed by atoms with Crippen LogP contribution in [0.1, 0.15) is 11.1 Å². The lowest BCUT2D eigenvalue weighted by Gasteiger charge is -2.22. The Bertz CT molecular complexity index is 543. The number of nitrogens with zero attached hydrogens (tertiary/aromatic N) is 2. The van der Waals surface area contributed by atoms with Crippen molar-refractivity contribution >= 4 is 5.69 Å². The van der Waals surface area contributed by atoms with E-state index in [9.17, 15) is 4.39 Å². The van der Waals surface area contributed by atoms with Crippen molar-refractivity contribution in [3.05, 3.63) is 59.7 Å². The minimum absolute atomic E-state index is 0.193. The molecule has 2 rings (SSSR count). The van der Waals surface area contributed by atoms with E-state index in [1.54, 1.807) is 18.5 Å². The van der Waals surface area contributed by atoms with Crippen LogP contribution in [0.5, 0.6) is 0 Å². The highest BCUT2D eigenvalue weighted by Crippen LogP contribution is 2.21. The van der Waals surface area contributed by atoms with E-state index in [-0.39, 0.29) is 5.82 Å². The molecule has 106 valence electrons. The standard InChI is InChI=1S/C16H20FN3/c1-18-12-14-11-15(17)3-4-16(14)20(2)10-7-13-5-8-19-9-6-13/h3-6,8-9,11,18H,7,10,12H2,1-2H3. The first-order chi connectivity index (χ1) is 9.70. The molecule has 0 atom stereocenters. The maximum atomic E-state index is 13.3. The molecule has 0 saturated carbocycles. The smallest absolute Gasteiger partial charge is 0.123 e. The highest BCUT2D eigenvalue weighted by atomic mass is 19.1. The van der Waals surface area contributed by atoms with Gasteiger partial charge in [0, 0.05) is 38.2 Å². The fourth-order valence-corrected chi connectivity index (χ4v) is 2.23. The molecule has 0 amide bonds. The second-order valence-electron chi connectivity index (χ2n) is 4.83. The van der Waals surface area contributed by atoms with Crippen LogP contribution < -0.4 is 10.2 Å². The molecule has 1 N–H and O–H groups in total. The van der Waals surface area contributed by atoms with E-state index in [4.69, 9.17) is 0 Å². The minimum Gasteiger partial charge on any atom is -0.374 e. The number of nitrogens with one attached hydrogen (secondary N) is 1. The molecule has 0 saturated heterocycles. The van der Waals surface area contributed by atoms with Crippen molar-refractivity contribution in [3.8, 4) is 0 Å². The van der Waals surface area contributed by atoms with Crippen LogP contribution in [-0.2, 0) is 13.0 Å². The van der Waals surface area contributed by atoms with Gasteiger partial charge in [0.1, 0.15) is 5.82 Å². The Morgan fingerprint density at radius 1 is 1.20 bits per heavy atom. The number of hydrogen-bond donors (Lipinski definition) is 1. The second-order valence-corrected chi connectivity index (χ2v) is 4.83. The highest BCUT2D eigenvalue weighted by molar-refractivity contribution is 5.53. The summed E-state index contributed by atoms with van der Waals surface area (Å²) in [6, 6.07) is 8.99. The van der Waals surface area contributed by atoms with E-state index in [0.29, 0.717) is 6.54 Å². The summed E-state index contributed by atoms with van der Waals surface area (Å²) in [5.74, 6) is -0.193. The molecule has 4 heteroatoms. The first-order valence-electron chi connectivity index (χ1n) is 6.74. The molecule has 20 heavy (non-hydrogen) atoms. The maximum absolute atomic E-state index is 13.3. The molecule has 0 aliphatic rings. The average molecular weight is 273 g/mol. The molecule has 0 aliphatic carbocycles. The summed E-state index contributed by atoms with van der Waals surface area (Å²) >= 11 is 0. The third kappa shape index (κ3) is 3.78. The third-order valence-electron chi connectivity index (χ3n) is 3.31. The molecule has 0 unspecified atom stereocenters. The van der Waals surface area contributed by atoms with Gasteiger partial charge in [-0.25, -0.2) is 4.39 Å². The van der Waals surface area contributed by atoms with E-state index in [0.717, 1.165) is 24.2 Å². The van der Waals surface area contributed by atoms with Crippen LogP contribution in [0.3, 0.4) is 0 Å². The Labute approximate surface area is 119 Å². The normalized spacial score (nSPS) is 10.6. The zero-order valence-corrected chi connectivity index (χ0v) is 11.9. The predicted octanol–water partition coefficient (Wildman–Crippen LogP) is 2.62. The maximum Gasteiger partial charge on any atom is 0.123 e. The summed E-state index contributed by atoms with van der Waals surface area (Å²) in [5.41, 5.74) is 3.30. The fourth-order valence-electron chi connectivity index (χ4n) is 2.23. The minimum atomic E-state index is -0.193. The van der Waals surface area contributed by atoms with Gasteiger partial charge in [0.25, 0.3) is 0 Å². The topological polar surface area (TPSA) is 28.2 Å². The number of pyridine rings is 1. The summed E-state index contributed by atoms with van der Waals surface area (Å²) in [6.45, 7) is 1.54. The summed E-state index contributed by atoms with van der Waals surface area (Å²) < 4.78 is 13.3. The Balaban J connectivity index is 2.06. The Kier molecular flexibility index (Phi) is 5.07. The number of halogens is 1. The van der Waals surface area contributed by atoms with Crippen molar-refractivity contribution in [1.82, 2.24) is 10.3 Å². The third-order valence-corrected chi connectivity index (χ3v) is 3.31.